The summed E-state index contributed by atoms with van der Waals surface area (Å²) in [5.74, 6) is 0. The van der Waals surface area contributed by atoms with E-state index in [0.29, 0.717) is 11.5 Å². The van der Waals surface area contributed by atoms with E-state index in [0.717, 1.165) is 19.6 Å². The van der Waals surface area contributed by atoms with Crippen molar-refractivity contribution in [2.24, 2.45) is 5.41 Å². The Morgan fingerprint density at radius 1 is 1.21 bits per heavy atom. The van der Waals surface area contributed by atoms with Crippen molar-refractivity contribution in [3.8, 4) is 0 Å². The summed E-state index contributed by atoms with van der Waals surface area (Å²) in [5, 5.41) is 3.71. The standard InChI is InChI=1S/C17H28N2/c1-13-7-8-15(14(2)11-13)19-10-6-9-18-16(12-19)17(3,4)5/h7-8,11,16,18H,6,9-10,12H2,1-5H3. The summed E-state index contributed by atoms with van der Waals surface area (Å²) in [4.78, 5) is 2.56. The molecule has 1 N–H and O–H groups in total. The van der Waals surface area contributed by atoms with Crippen molar-refractivity contribution in [3.05, 3.63) is 29.3 Å². The van der Waals surface area contributed by atoms with Gasteiger partial charge >= 0.3 is 0 Å². The van der Waals surface area contributed by atoms with Crippen molar-refractivity contribution in [1.29, 1.82) is 0 Å². The van der Waals surface area contributed by atoms with Crippen LogP contribution in [0.2, 0.25) is 0 Å². The average molecular weight is 260 g/mol. The third-order valence-electron chi connectivity index (χ3n) is 4.14. The minimum absolute atomic E-state index is 0.307. The zero-order valence-corrected chi connectivity index (χ0v) is 13.1. The Bertz CT molecular complexity index is 431. The number of anilines is 1. The van der Waals surface area contributed by atoms with Crippen LogP contribution in [-0.4, -0.2) is 25.7 Å². The SMILES string of the molecule is Cc1ccc(N2CCCNC(C(C)(C)C)C2)c(C)c1. The fourth-order valence-corrected chi connectivity index (χ4v) is 2.88. The zero-order valence-electron chi connectivity index (χ0n) is 13.1. The van der Waals surface area contributed by atoms with Gasteiger partial charge in [-0.05, 0) is 43.9 Å². The van der Waals surface area contributed by atoms with Gasteiger partial charge in [0.15, 0.2) is 0 Å². The normalized spacial score (nSPS) is 21.3. The molecule has 1 aromatic carbocycles. The molecule has 0 radical (unpaired) electrons. The molecule has 19 heavy (non-hydrogen) atoms. The summed E-state index contributed by atoms with van der Waals surface area (Å²) in [6.45, 7) is 14.8. The molecule has 0 spiro atoms. The van der Waals surface area contributed by atoms with E-state index >= 15 is 0 Å². The first-order valence-corrected chi connectivity index (χ1v) is 7.43. The molecule has 1 saturated heterocycles. The molecule has 1 aromatic rings. The highest BCUT2D eigenvalue weighted by atomic mass is 15.2. The Labute approximate surface area is 118 Å². The third-order valence-corrected chi connectivity index (χ3v) is 4.14. The maximum atomic E-state index is 3.71. The van der Waals surface area contributed by atoms with E-state index < -0.39 is 0 Å². The molecule has 0 aromatic heterocycles. The second kappa shape index (κ2) is 5.54. The molecule has 2 heteroatoms. The van der Waals surface area contributed by atoms with Gasteiger partial charge in [0, 0.05) is 24.8 Å². The Morgan fingerprint density at radius 3 is 2.58 bits per heavy atom. The van der Waals surface area contributed by atoms with Crippen molar-refractivity contribution in [2.75, 3.05) is 24.5 Å². The van der Waals surface area contributed by atoms with E-state index in [4.69, 9.17) is 0 Å². The summed E-state index contributed by atoms with van der Waals surface area (Å²) in [6, 6.07) is 7.36. The predicted molar refractivity (Wildman–Crippen MR) is 84.0 cm³/mol. The van der Waals surface area contributed by atoms with Crippen LogP contribution in [-0.2, 0) is 0 Å². The van der Waals surface area contributed by atoms with Gasteiger partial charge in [-0.25, -0.2) is 0 Å². The maximum absolute atomic E-state index is 3.71. The number of nitrogens with one attached hydrogen (secondary N) is 1. The van der Waals surface area contributed by atoms with Crippen molar-refractivity contribution < 1.29 is 0 Å². The Kier molecular flexibility index (Phi) is 4.19. The first-order valence-electron chi connectivity index (χ1n) is 7.43. The van der Waals surface area contributed by atoms with Crippen LogP contribution < -0.4 is 10.2 Å². The number of benzene rings is 1. The molecule has 1 unspecified atom stereocenters. The molecule has 106 valence electrons. The van der Waals surface area contributed by atoms with E-state index in [1.54, 1.807) is 0 Å². The quantitative estimate of drug-likeness (QED) is 0.831. The number of aryl methyl sites for hydroxylation is 2. The number of nitrogens with zero attached hydrogens (tertiary/aromatic N) is 1. The molecule has 0 bridgehead atoms. The first-order chi connectivity index (χ1) is 8.88. The topological polar surface area (TPSA) is 15.3 Å². The van der Waals surface area contributed by atoms with E-state index in [1.807, 2.05) is 0 Å². The first kappa shape index (κ1) is 14.4. The van der Waals surface area contributed by atoms with Crippen molar-refractivity contribution >= 4 is 5.69 Å². The van der Waals surface area contributed by atoms with E-state index in [-0.39, 0.29) is 0 Å². The number of rotatable bonds is 1. The Balaban J connectivity index is 2.22. The average Bonchev–Trinajstić information content (AvgIpc) is 2.54. The molecular formula is C17H28N2. The molecule has 1 aliphatic heterocycles. The van der Waals surface area contributed by atoms with Gasteiger partial charge in [0.1, 0.15) is 0 Å². The van der Waals surface area contributed by atoms with Crippen LogP contribution >= 0.6 is 0 Å². The lowest BCUT2D eigenvalue weighted by atomic mass is 9.86. The maximum Gasteiger partial charge on any atom is 0.0396 e. The van der Waals surface area contributed by atoms with Gasteiger partial charge < -0.3 is 10.2 Å². The van der Waals surface area contributed by atoms with E-state index in [9.17, 15) is 0 Å². The third kappa shape index (κ3) is 3.50. The minimum Gasteiger partial charge on any atom is -0.370 e. The minimum atomic E-state index is 0.307. The van der Waals surface area contributed by atoms with Crippen molar-refractivity contribution in [1.82, 2.24) is 5.32 Å². The molecule has 2 rings (SSSR count). The van der Waals surface area contributed by atoms with Gasteiger partial charge in [0.25, 0.3) is 0 Å². The molecule has 0 amide bonds. The van der Waals surface area contributed by atoms with Crippen LogP contribution in [0.25, 0.3) is 0 Å². The molecule has 1 aliphatic rings. The molecule has 1 fully saturated rings. The zero-order chi connectivity index (χ0) is 14.0. The van der Waals surface area contributed by atoms with Gasteiger partial charge in [0.05, 0.1) is 0 Å². The Hall–Kier alpha value is -1.02. The fourth-order valence-electron chi connectivity index (χ4n) is 2.88. The summed E-state index contributed by atoms with van der Waals surface area (Å²) < 4.78 is 0. The summed E-state index contributed by atoms with van der Waals surface area (Å²) >= 11 is 0. The lowest BCUT2D eigenvalue weighted by Crippen LogP contribution is -2.46. The van der Waals surface area contributed by atoms with Gasteiger partial charge in [0.2, 0.25) is 0 Å². The highest BCUT2D eigenvalue weighted by molar-refractivity contribution is 5.54. The van der Waals surface area contributed by atoms with Crippen LogP contribution in [0.1, 0.15) is 38.3 Å². The van der Waals surface area contributed by atoms with Crippen LogP contribution in [0.5, 0.6) is 0 Å². The molecule has 0 aliphatic carbocycles. The predicted octanol–water partition coefficient (Wildman–Crippen LogP) is 3.52. The summed E-state index contributed by atoms with van der Waals surface area (Å²) in [7, 11) is 0. The van der Waals surface area contributed by atoms with Crippen molar-refractivity contribution in [3.63, 3.8) is 0 Å². The van der Waals surface area contributed by atoms with E-state index in [2.05, 4.69) is 63.0 Å². The monoisotopic (exact) mass is 260 g/mol. The van der Waals surface area contributed by atoms with Crippen LogP contribution in [0, 0.1) is 19.3 Å². The van der Waals surface area contributed by atoms with Crippen LogP contribution in [0.15, 0.2) is 18.2 Å². The van der Waals surface area contributed by atoms with E-state index in [1.165, 1.54) is 23.2 Å². The second-order valence-electron chi connectivity index (χ2n) is 6.96. The van der Waals surface area contributed by atoms with Crippen LogP contribution in [0.3, 0.4) is 0 Å². The lowest BCUT2D eigenvalue weighted by Gasteiger charge is -2.35. The highest BCUT2D eigenvalue weighted by Crippen LogP contribution is 2.27. The molecule has 1 heterocycles. The highest BCUT2D eigenvalue weighted by Gasteiger charge is 2.28. The second-order valence-corrected chi connectivity index (χ2v) is 6.96. The van der Waals surface area contributed by atoms with Gasteiger partial charge in [-0.3, -0.25) is 0 Å². The molecular weight excluding hydrogens is 232 g/mol. The van der Waals surface area contributed by atoms with Gasteiger partial charge in [-0.2, -0.15) is 0 Å². The van der Waals surface area contributed by atoms with Crippen LogP contribution in [0.4, 0.5) is 5.69 Å². The Morgan fingerprint density at radius 2 is 1.95 bits per heavy atom. The van der Waals surface area contributed by atoms with Gasteiger partial charge in [-0.15, -0.1) is 0 Å². The molecule has 0 saturated carbocycles. The summed E-state index contributed by atoms with van der Waals surface area (Å²) in [6.07, 6.45) is 1.22. The number of hydrogen-bond donors (Lipinski definition) is 1. The van der Waals surface area contributed by atoms with Crippen molar-refractivity contribution in [2.45, 2.75) is 47.1 Å². The lowest BCUT2D eigenvalue weighted by molar-refractivity contribution is 0.280. The molecule has 1 atom stereocenters. The summed E-state index contributed by atoms with van der Waals surface area (Å²) in [5.41, 5.74) is 4.46. The molecule has 2 nitrogen and oxygen atoms in total. The fraction of sp³-hybridized carbons (Fsp3) is 0.647. The van der Waals surface area contributed by atoms with Gasteiger partial charge in [-0.1, -0.05) is 38.5 Å². The smallest absolute Gasteiger partial charge is 0.0396 e. The number of hydrogen-bond acceptors (Lipinski definition) is 2. The largest absolute Gasteiger partial charge is 0.370 e.